The molecule has 2 fully saturated rings. The fourth-order valence-corrected chi connectivity index (χ4v) is 6.54. The Bertz CT molecular complexity index is 1000. The smallest absolute Gasteiger partial charge is 0.353 e. The molecule has 0 unspecified atom stereocenters. The third-order valence-corrected chi connectivity index (χ3v) is 8.00. The van der Waals surface area contributed by atoms with Gasteiger partial charge in [0.25, 0.3) is 16.1 Å². The van der Waals surface area contributed by atoms with Crippen molar-refractivity contribution in [3.8, 4) is 0 Å². The molecule has 3 amide bonds. The maximum atomic E-state index is 12.9. The Morgan fingerprint density at radius 3 is 2.61 bits per heavy atom. The molecular formula is C18H28N6O7S2. The van der Waals surface area contributed by atoms with Crippen LogP contribution in [0.25, 0.3) is 0 Å². The summed E-state index contributed by atoms with van der Waals surface area (Å²) in [6, 6.07) is -1.66. The van der Waals surface area contributed by atoms with Gasteiger partial charge in [-0.1, -0.05) is 6.92 Å². The third kappa shape index (κ3) is 5.16. The van der Waals surface area contributed by atoms with Crippen LogP contribution in [0.3, 0.4) is 0 Å². The van der Waals surface area contributed by atoms with E-state index in [0.29, 0.717) is 11.4 Å². The average Bonchev–Trinajstić information content (AvgIpc) is 3.23. The summed E-state index contributed by atoms with van der Waals surface area (Å²) in [6.07, 6.45) is 0.258. The van der Waals surface area contributed by atoms with Gasteiger partial charge in [0, 0.05) is 28.7 Å². The maximum Gasteiger partial charge on any atom is 0.353 e. The van der Waals surface area contributed by atoms with Crippen molar-refractivity contribution >= 4 is 45.7 Å². The first-order valence-electron chi connectivity index (χ1n) is 10.3. The molecule has 13 nitrogen and oxygen atoms in total. The third-order valence-electron chi connectivity index (χ3n) is 6.00. The normalized spacial score (nSPS) is 30.0. The number of nitrogens with two attached hydrogens (primary N) is 1. The molecule has 0 aromatic rings. The van der Waals surface area contributed by atoms with Crippen LogP contribution in [0.4, 0.5) is 0 Å². The van der Waals surface area contributed by atoms with Gasteiger partial charge in [-0.05, 0) is 20.4 Å². The van der Waals surface area contributed by atoms with E-state index >= 15 is 0 Å². The van der Waals surface area contributed by atoms with Crippen LogP contribution in [-0.2, 0) is 29.4 Å². The number of carbonyl (C=O) groups is 4. The van der Waals surface area contributed by atoms with Gasteiger partial charge in [-0.15, -0.1) is 11.8 Å². The van der Waals surface area contributed by atoms with E-state index in [-0.39, 0.29) is 41.6 Å². The van der Waals surface area contributed by atoms with Crippen molar-refractivity contribution in [2.45, 2.75) is 43.6 Å². The number of fused-ring (bicyclic) bond motifs is 1. The molecule has 3 aliphatic heterocycles. The molecule has 0 bridgehead atoms. The molecule has 0 aliphatic carbocycles. The van der Waals surface area contributed by atoms with Gasteiger partial charge >= 0.3 is 5.97 Å². The van der Waals surface area contributed by atoms with E-state index in [1.165, 1.54) is 16.7 Å². The molecule has 6 atom stereocenters. The fourth-order valence-electron chi connectivity index (χ4n) is 4.64. The number of carboxylic acid groups (broad SMARTS) is 1. The van der Waals surface area contributed by atoms with Crippen LogP contribution in [-0.4, -0.2) is 85.6 Å². The van der Waals surface area contributed by atoms with Crippen LogP contribution in [0.15, 0.2) is 10.6 Å². The summed E-state index contributed by atoms with van der Waals surface area (Å²) < 4.78 is 23.9. The van der Waals surface area contributed by atoms with E-state index in [9.17, 15) is 32.7 Å². The number of carboxylic acids is 1. The molecule has 33 heavy (non-hydrogen) atoms. The van der Waals surface area contributed by atoms with Crippen LogP contribution in [0.5, 0.6) is 0 Å². The second kappa shape index (κ2) is 9.58. The molecule has 3 aliphatic rings. The predicted molar refractivity (Wildman–Crippen MR) is 119 cm³/mol. The highest BCUT2D eigenvalue weighted by Gasteiger charge is 2.60. The number of carbonyl (C=O) groups excluding carboxylic acids is 3. The minimum atomic E-state index is -4.18. The van der Waals surface area contributed by atoms with Crippen molar-refractivity contribution in [2.24, 2.45) is 17.0 Å². The van der Waals surface area contributed by atoms with Crippen molar-refractivity contribution in [1.82, 2.24) is 25.6 Å². The van der Waals surface area contributed by atoms with Gasteiger partial charge in [0.15, 0.2) is 0 Å². The standard InChI is InChI=1S/C18H28N6O7S2/c1-7-13-12(8(2)22-11(25)6-20-3)17(27)24(13)14(18(28)29)15(7)32-9-4-10(21-5-9)16(26)23-33(19,30)31/h7-10,12-13,20-21H,4-6H2,1-3H3,(H,22,25)(H,23,26)(H,28,29)(H2,19,30,31)/t7-,8-,9+,10+,12-,13-/m1/s1. The predicted octanol–water partition coefficient (Wildman–Crippen LogP) is -2.73. The highest BCUT2D eigenvalue weighted by molar-refractivity contribution is 8.03. The van der Waals surface area contributed by atoms with Crippen molar-refractivity contribution < 1.29 is 32.7 Å². The minimum absolute atomic E-state index is 0.0788. The van der Waals surface area contributed by atoms with Crippen molar-refractivity contribution in [3.63, 3.8) is 0 Å². The number of amides is 3. The second-order valence-electron chi connectivity index (χ2n) is 8.37. The molecule has 0 saturated carbocycles. The summed E-state index contributed by atoms with van der Waals surface area (Å²) >= 11 is 1.27. The number of aliphatic carboxylic acids is 1. The number of likely N-dealkylation sites (N-methyl/N-ethyl adjacent to an activating group) is 1. The molecule has 7 N–H and O–H groups in total. The Morgan fingerprint density at radius 1 is 1.36 bits per heavy atom. The highest BCUT2D eigenvalue weighted by Crippen LogP contribution is 2.51. The maximum absolute atomic E-state index is 12.9. The molecule has 0 aromatic heterocycles. The molecule has 0 aromatic carbocycles. The molecule has 3 heterocycles. The zero-order valence-electron chi connectivity index (χ0n) is 18.3. The molecule has 2 saturated heterocycles. The van der Waals surface area contributed by atoms with E-state index in [2.05, 4.69) is 16.0 Å². The summed E-state index contributed by atoms with van der Waals surface area (Å²) in [5, 5.41) is 22.9. The summed E-state index contributed by atoms with van der Waals surface area (Å²) in [6.45, 7) is 4.01. The fraction of sp³-hybridized carbons (Fsp3) is 0.667. The van der Waals surface area contributed by atoms with Crippen LogP contribution in [0.2, 0.25) is 0 Å². The van der Waals surface area contributed by atoms with Gasteiger partial charge in [-0.25, -0.2) is 14.7 Å². The monoisotopic (exact) mass is 504 g/mol. The number of thioether (sulfide) groups is 1. The summed E-state index contributed by atoms with van der Waals surface area (Å²) in [5.74, 6) is -3.46. The minimum Gasteiger partial charge on any atom is -0.477 e. The first kappa shape index (κ1) is 25.4. The number of nitrogens with one attached hydrogen (secondary N) is 4. The van der Waals surface area contributed by atoms with Gasteiger partial charge in [-0.3, -0.25) is 14.4 Å². The lowest BCUT2D eigenvalue weighted by Crippen LogP contribution is -2.66. The SMILES string of the molecule is CNCC(=O)N[C@H](C)[C@H]1C(=O)N2C(C(=O)O)=C(S[C@@H]3CN[C@H](C(=O)NS(N)(=O)=O)C3)[C@H](C)[C@H]12. The van der Waals surface area contributed by atoms with E-state index in [0.717, 1.165) is 0 Å². The topological polar surface area (TPSA) is 200 Å². The summed E-state index contributed by atoms with van der Waals surface area (Å²) in [5.41, 5.74) is -0.0788. The number of nitrogens with zero attached hydrogens (tertiary/aromatic N) is 1. The van der Waals surface area contributed by atoms with Crippen molar-refractivity contribution in [2.75, 3.05) is 20.1 Å². The Morgan fingerprint density at radius 2 is 2.03 bits per heavy atom. The Balaban J connectivity index is 1.72. The van der Waals surface area contributed by atoms with E-state index < -0.39 is 46.1 Å². The molecule has 0 radical (unpaired) electrons. The average molecular weight is 505 g/mol. The van der Waals surface area contributed by atoms with Crippen LogP contribution in [0.1, 0.15) is 20.3 Å². The lowest BCUT2D eigenvalue weighted by molar-refractivity contribution is -0.158. The first-order chi connectivity index (χ1) is 15.4. The van der Waals surface area contributed by atoms with Gasteiger partial charge in [-0.2, -0.15) is 8.42 Å². The van der Waals surface area contributed by atoms with Gasteiger partial charge < -0.3 is 26.0 Å². The highest BCUT2D eigenvalue weighted by atomic mass is 32.2. The van der Waals surface area contributed by atoms with Crippen molar-refractivity contribution in [1.29, 1.82) is 0 Å². The number of rotatable bonds is 9. The Hall–Kier alpha value is -2.20. The Kier molecular flexibility index (Phi) is 7.38. The van der Waals surface area contributed by atoms with E-state index in [1.807, 2.05) is 6.92 Å². The molecular weight excluding hydrogens is 476 g/mol. The molecule has 3 rings (SSSR count). The van der Waals surface area contributed by atoms with Gasteiger partial charge in [0.1, 0.15) is 5.70 Å². The quantitative estimate of drug-likeness (QED) is 0.179. The molecule has 15 heteroatoms. The summed E-state index contributed by atoms with van der Waals surface area (Å²) in [4.78, 5) is 50.7. The lowest BCUT2D eigenvalue weighted by Gasteiger charge is -2.47. The Labute approximate surface area is 195 Å². The molecule has 0 spiro atoms. The molecule has 184 valence electrons. The number of hydrogen-bond donors (Lipinski definition) is 6. The van der Waals surface area contributed by atoms with Gasteiger partial charge in [0.05, 0.1) is 24.5 Å². The van der Waals surface area contributed by atoms with Gasteiger partial charge in [0.2, 0.25) is 11.8 Å². The first-order valence-corrected chi connectivity index (χ1v) is 12.8. The van der Waals surface area contributed by atoms with Crippen molar-refractivity contribution in [3.05, 3.63) is 10.6 Å². The van der Waals surface area contributed by atoms with Crippen LogP contribution < -0.4 is 25.8 Å². The largest absolute Gasteiger partial charge is 0.477 e. The van der Waals surface area contributed by atoms with E-state index in [1.54, 1.807) is 18.7 Å². The summed E-state index contributed by atoms with van der Waals surface area (Å²) in [7, 11) is -2.55. The van der Waals surface area contributed by atoms with Crippen LogP contribution >= 0.6 is 11.8 Å². The lowest BCUT2D eigenvalue weighted by atomic mass is 9.78. The van der Waals surface area contributed by atoms with Crippen LogP contribution in [0, 0.1) is 11.8 Å². The zero-order valence-corrected chi connectivity index (χ0v) is 20.0. The number of β-lactam (4-membered cyclic amide) rings is 1. The zero-order chi connectivity index (χ0) is 24.7. The number of hydrogen-bond acceptors (Lipinski definition) is 9. The van der Waals surface area contributed by atoms with E-state index in [4.69, 9.17) is 5.14 Å². The second-order valence-corrected chi connectivity index (χ2v) is 11.0.